The van der Waals surface area contributed by atoms with Crippen molar-refractivity contribution in [3.8, 4) is 0 Å². The van der Waals surface area contributed by atoms with Crippen LogP contribution < -0.4 is 0 Å². The summed E-state index contributed by atoms with van der Waals surface area (Å²) in [6, 6.07) is -0.707. The van der Waals surface area contributed by atoms with E-state index < -0.39 is 65.7 Å². The zero-order chi connectivity index (χ0) is 32.2. The van der Waals surface area contributed by atoms with Gasteiger partial charge in [0.25, 0.3) is 0 Å². The smallest absolute Gasteiger partial charge is 0.431 e. The maximum Gasteiger partial charge on any atom is 0.431 e. The second-order valence-corrected chi connectivity index (χ2v) is 13.7. The van der Waals surface area contributed by atoms with E-state index in [4.69, 9.17) is 28.8 Å². The second-order valence-electron chi connectivity index (χ2n) is 13.7. The lowest BCUT2D eigenvalue weighted by Gasteiger charge is -2.47. The van der Waals surface area contributed by atoms with E-state index in [0.717, 1.165) is 5.71 Å². The van der Waals surface area contributed by atoms with E-state index in [0.29, 0.717) is 19.3 Å². The molecule has 4 aliphatic rings. The van der Waals surface area contributed by atoms with Gasteiger partial charge in [-0.15, -0.1) is 0 Å². The van der Waals surface area contributed by atoms with Crippen LogP contribution in [0.25, 0.3) is 0 Å². The van der Waals surface area contributed by atoms with Crippen LogP contribution in [0, 0.1) is 23.7 Å². The summed E-state index contributed by atoms with van der Waals surface area (Å²) < 4.78 is 30.6. The van der Waals surface area contributed by atoms with Gasteiger partial charge in [0.1, 0.15) is 24.2 Å². The summed E-state index contributed by atoms with van der Waals surface area (Å²) in [6.45, 7) is 14.7. The maximum absolute atomic E-state index is 14.0. The van der Waals surface area contributed by atoms with Crippen molar-refractivity contribution in [2.75, 3.05) is 21.2 Å². The van der Waals surface area contributed by atoms with Crippen molar-refractivity contribution in [2.45, 2.75) is 129 Å². The molecule has 12 heteroatoms. The van der Waals surface area contributed by atoms with Crippen LogP contribution >= 0.6 is 0 Å². The van der Waals surface area contributed by atoms with Crippen LogP contribution in [0.15, 0.2) is 5.10 Å². The molecular weight excluding hydrogens is 558 g/mol. The average molecular weight is 610 g/mol. The topological polar surface area (TPSA) is 136 Å². The van der Waals surface area contributed by atoms with Crippen molar-refractivity contribution in [3.63, 3.8) is 0 Å². The number of carbonyl (C=O) groups excluding carboxylic acids is 3. The molecule has 13 atom stereocenters. The van der Waals surface area contributed by atoms with Crippen LogP contribution in [0.3, 0.4) is 0 Å². The van der Waals surface area contributed by atoms with Gasteiger partial charge >= 0.3 is 12.1 Å². The van der Waals surface area contributed by atoms with E-state index in [2.05, 4.69) is 0 Å². The summed E-state index contributed by atoms with van der Waals surface area (Å²) in [5.41, 5.74) is -1.45. The van der Waals surface area contributed by atoms with E-state index >= 15 is 0 Å². The van der Waals surface area contributed by atoms with Gasteiger partial charge in [0.05, 0.1) is 17.8 Å². The Morgan fingerprint density at radius 1 is 1.09 bits per heavy atom. The van der Waals surface area contributed by atoms with Gasteiger partial charge in [-0.1, -0.05) is 27.7 Å². The number of amides is 1. The Hall–Kier alpha value is -2.12. The van der Waals surface area contributed by atoms with Crippen molar-refractivity contribution in [1.29, 1.82) is 0 Å². The quantitative estimate of drug-likeness (QED) is 0.366. The number of hydrogen-bond acceptors (Lipinski definition) is 11. The molecule has 3 fully saturated rings. The van der Waals surface area contributed by atoms with Crippen LogP contribution in [0.1, 0.15) is 74.7 Å². The van der Waals surface area contributed by atoms with E-state index in [1.165, 1.54) is 11.9 Å². The molecule has 2 bridgehead atoms. The lowest BCUT2D eigenvalue weighted by molar-refractivity contribution is -0.295. The molecule has 4 aliphatic heterocycles. The zero-order valence-corrected chi connectivity index (χ0v) is 27.5. The summed E-state index contributed by atoms with van der Waals surface area (Å²) >= 11 is 0. The van der Waals surface area contributed by atoms with Crippen molar-refractivity contribution in [3.05, 3.63) is 0 Å². The third-order valence-corrected chi connectivity index (χ3v) is 10.3. The monoisotopic (exact) mass is 609 g/mol. The lowest BCUT2D eigenvalue weighted by Crippen LogP contribution is -2.59. The number of carbonyl (C=O) groups is 3. The fourth-order valence-corrected chi connectivity index (χ4v) is 7.77. The second kappa shape index (κ2) is 12.3. The molecular formula is C31H51N3O9. The molecule has 0 aromatic rings. The minimum Gasteiger partial charge on any atom is -0.457 e. The molecule has 0 aliphatic carbocycles. The first-order chi connectivity index (χ1) is 20.0. The first-order valence-electron chi connectivity index (χ1n) is 15.6. The first kappa shape index (κ1) is 33.8. The standard InChI is InChI=1S/C31H51N3O9/c1-12-21-31(8)25-17(4)22(32-34(25)29(38)43-31)15(2)14-30(7,39-11)26(18(5)23(35)19(6)27(37)41-21)42-28-24(36)20(33(9)10)13-16(3)40-28/h15-21,24-26,28,36H,12-14H2,1-11H3/t15-,16-,17+,18+,19-,20+,21-,24-,25?,26-,28+,30-,31-/m1/s1. The van der Waals surface area contributed by atoms with Crippen molar-refractivity contribution in [1.82, 2.24) is 9.91 Å². The molecule has 1 amide bonds. The highest BCUT2D eigenvalue weighted by Gasteiger charge is 2.63. The minimum absolute atomic E-state index is 0.190. The zero-order valence-electron chi connectivity index (χ0n) is 27.5. The molecule has 4 heterocycles. The van der Waals surface area contributed by atoms with Gasteiger partial charge in [0.15, 0.2) is 17.7 Å². The molecule has 0 saturated carbocycles. The third kappa shape index (κ3) is 5.85. The van der Waals surface area contributed by atoms with Crippen LogP contribution in [0.4, 0.5) is 4.79 Å². The van der Waals surface area contributed by atoms with Crippen molar-refractivity contribution >= 4 is 23.6 Å². The number of cyclic esters (lactones) is 1. The number of likely N-dealkylation sites (N-methyl/N-ethyl adjacent to an activating group) is 1. The van der Waals surface area contributed by atoms with Gasteiger partial charge in [0, 0.05) is 30.7 Å². The minimum atomic E-state index is -1.16. The Kier molecular flexibility index (Phi) is 9.69. The van der Waals surface area contributed by atoms with Crippen LogP contribution in [0.2, 0.25) is 0 Å². The van der Waals surface area contributed by atoms with E-state index in [1.54, 1.807) is 21.0 Å². The number of Topliss-reactive ketones (excluding diaryl/α,β-unsaturated/α-hetero) is 1. The number of hydrogen-bond donors (Lipinski definition) is 1. The highest BCUT2D eigenvalue weighted by Crippen LogP contribution is 2.46. The molecule has 0 radical (unpaired) electrons. The van der Waals surface area contributed by atoms with Gasteiger partial charge in [-0.05, 0) is 67.0 Å². The molecule has 12 nitrogen and oxygen atoms in total. The van der Waals surface area contributed by atoms with Gasteiger partial charge in [-0.25, -0.2) is 4.79 Å². The molecule has 3 saturated heterocycles. The molecule has 1 N–H and O–H groups in total. The Balaban J connectivity index is 1.78. The van der Waals surface area contributed by atoms with Crippen molar-refractivity contribution in [2.24, 2.45) is 28.8 Å². The number of hydrazone groups is 1. The van der Waals surface area contributed by atoms with Crippen molar-refractivity contribution < 1.29 is 43.2 Å². The van der Waals surface area contributed by atoms with E-state index in [9.17, 15) is 19.5 Å². The number of nitrogens with zero attached hydrogens (tertiary/aromatic N) is 3. The molecule has 0 aromatic carbocycles. The molecule has 244 valence electrons. The Morgan fingerprint density at radius 2 is 1.74 bits per heavy atom. The SMILES string of the molecule is CC[C@H]1OC(=O)[C@H](C)C(=O)[C@H](C)[C@@H](O[C@@H]2O[C@H](C)C[C@H](N(C)C)[C@H]2O)[C@](C)(OC)C[C@@H](C)C2=NN3C(=O)O[C@@]1(C)C3[C@H]2C. The van der Waals surface area contributed by atoms with Gasteiger partial charge in [0.2, 0.25) is 0 Å². The predicted octanol–water partition coefficient (Wildman–Crippen LogP) is 2.99. The van der Waals surface area contributed by atoms with Gasteiger partial charge in [-0.2, -0.15) is 10.1 Å². The van der Waals surface area contributed by atoms with Gasteiger partial charge < -0.3 is 33.7 Å². The maximum atomic E-state index is 14.0. The number of rotatable bonds is 5. The highest BCUT2D eigenvalue weighted by molar-refractivity contribution is 6.00. The number of ketones is 1. The lowest BCUT2D eigenvalue weighted by atomic mass is 9.74. The largest absolute Gasteiger partial charge is 0.457 e. The fourth-order valence-electron chi connectivity index (χ4n) is 7.77. The van der Waals surface area contributed by atoms with Gasteiger partial charge in [-0.3, -0.25) is 9.59 Å². The average Bonchev–Trinajstić information content (AvgIpc) is 3.44. The fraction of sp³-hybridized carbons (Fsp3) is 0.871. The summed E-state index contributed by atoms with van der Waals surface area (Å²) in [6.07, 6.45) is -3.13. The van der Waals surface area contributed by atoms with E-state index in [1.807, 2.05) is 53.6 Å². The molecule has 4 rings (SSSR count). The van der Waals surface area contributed by atoms with Crippen LogP contribution in [-0.4, -0.2) is 114 Å². The molecule has 0 spiro atoms. The Bertz CT molecular complexity index is 1120. The summed E-state index contributed by atoms with van der Waals surface area (Å²) in [5.74, 6) is -3.45. The molecule has 0 aromatic heterocycles. The predicted molar refractivity (Wildman–Crippen MR) is 157 cm³/mol. The summed E-state index contributed by atoms with van der Waals surface area (Å²) in [4.78, 5) is 42.5. The number of methoxy groups -OCH3 is 1. The Morgan fingerprint density at radius 3 is 2.33 bits per heavy atom. The summed E-state index contributed by atoms with van der Waals surface area (Å²) in [5, 5.41) is 17.4. The number of aliphatic hydroxyl groups is 1. The number of esters is 1. The molecule has 43 heavy (non-hydrogen) atoms. The van der Waals surface area contributed by atoms with Crippen LogP contribution in [0.5, 0.6) is 0 Å². The number of aliphatic hydroxyl groups excluding tert-OH is 1. The third-order valence-electron chi connectivity index (χ3n) is 10.3. The number of fused-ring (bicyclic) bond motifs is 1. The summed E-state index contributed by atoms with van der Waals surface area (Å²) in [7, 11) is 5.34. The number of ether oxygens (including phenoxy) is 5. The van der Waals surface area contributed by atoms with E-state index in [-0.39, 0.29) is 29.8 Å². The highest BCUT2D eigenvalue weighted by atomic mass is 16.7. The van der Waals surface area contributed by atoms with Crippen LogP contribution in [-0.2, 0) is 33.3 Å². The normalized spacial score (nSPS) is 46.0. The first-order valence-corrected chi connectivity index (χ1v) is 15.6. The molecule has 1 unspecified atom stereocenters. The Labute approximate surface area is 255 Å².